The Labute approximate surface area is 120 Å². The predicted molar refractivity (Wildman–Crippen MR) is 72.5 cm³/mol. The SMILES string of the molecule is CC(C)CC(=O)NCC(=O)Nc1cccc(C(F)(F)F)c1. The summed E-state index contributed by atoms with van der Waals surface area (Å²) in [6, 6.07) is 4.31. The van der Waals surface area contributed by atoms with Gasteiger partial charge < -0.3 is 10.6 Å². The zero-order chi connectivity index (χ0) is 16.0. The molecule has 21 heavy (non-hydrogen) atoms. The summed E-state index contributed by atoms with van der Waals surface area (Å²) in [5, 5.41) is 4.72. The zero-order valence-electron chi connectivity index (χ0n) is 11.8. The van der Waals surface area contributed by atoms with Crippen molar-refractivity contribution < 1.29 is 22.8 Å². The lowest BCUT2D eigenvalue weighted by Crippen LogP contribution is -2.33. The van der Waals surface area contributed by atoms with E-state index in [0.717, 1.165) is 12.1 Å². The molecule has 0 atom stereocenters. The maximum Gasteiger partial charge on any atom is 0.416 e. The molecule has 0 aliphatic heterocycles. The van der Waals surface area contributed by atoms with Gasteiger partial charge in [-0.2, -0.15) is 13.2 Å². The van der Waals surface area contributed by atoms with Gasteiger partial charge in [0.2, 0.25) is 11.8 Å². The van der Waals surface area contributed by atoms with Gasteiger partial charge in [0.15, 0.2) is 0 Å². The third-order valence-electron chi connectivity index (χ3n) is 2.51. The molecule has 2 N–H and O–H groups in total. The van der Waals surface area contributed by atoms with E-state index in [-0.39, 0.29) is 30.5 Å². The molecule has 7 heteroatoms. The summed E-state index contributed by atoms with van der Waals surface area (Å²) in [5.74, 6) is -0.688. The van der Waals surface area contributed by atoms with Crippen LogP contribution in [0.3, 0.4) is 0 Å². The van der Waals surface area contributed by atoms with Crippen molar-refractivity contribution in [2.45, 2.75) is 26.4 Å². The highest BCUT2D eigenvalue weighted by molar-refractivity contribution is 5.94. The van der Waals surface area contributed by atoms with Crippen LogP contribution in [0.25, 0.3) is 0 Å². The normalized spacial score (nSPS) is 11.3. The van der Waals surface area contributed by atoms with Crippen LogP contribution in [0, 0.1) is 5.92 Å². The second kappa shape index (κ2) is 7.10. The number of alkyl halides is 3. The molecular formula is C14H17F3N2O2. The largest absolute Gasteiger partial charge is 0.416 e. The Morgan fingerprint density at radius 1 is 1.19 bits per heavy atom. The molecule has 0 aromatic heterocycles. The van der Waals surface area contributed by atoms with Crippen LogP contribution in [0.2, 0.25) is 0 Å². The standard InChI is InChI=1S/C14H17F3N2O2/c1-9(2)6-12(20)18-8-13(21)19-11-5-3-4-10(7-11)14(15,16)17/h3-5,7,9H,6,8H2,1-2H3,(H,18,20)(H,19,21). The smallest absolute Gasteiger partial charge is 0.347 e. The molecule has 1 aromatic rings. The van der Waals surface area contributed by atoms with Crippen LogP contribution in [0.5, 0.6) is 0 Å². The number of carbonyl (C=O) groups is 2. The first-order chi connectivity index (χ1) is 9.68. The molecule has 0 bridgehead atoms. The Balaban J connectivity index is 2.54. The van der Waals surface area contributed by atoms with E-state index in [1.54, 1.807) is 0 Å². The molecular weight excluding hydrogens is 285 g/mol. The quantitative estimate of drug-likeness (QED) is 0.878. The Hall–Kier alpha value is -2.05. The number of amides is 2. The highest BCUT2D eigenvalue weighted by Gasteiger charge is 2.30. The van der Waals surface area contributed by atoms with Gasteiger partial charge >= 0.3 is 6.18 Å². The van der Waals surface area contributed by atoms with Gasteiger partial charge in [0, 0.05) is 12.1 Å². The van der Waals surface area contributed by atoms with Gasteiger partial charge in [-0.15, -0.1) is 0 Å². The van der Waals surface area contributed by atoms with E-state index in [1.165, 1.54) is 12.1 Å². The fourth-order valence-corrected chi connectivity index (χ4v) is 1.60. The van der Waals surface area contributed by atoms with Gasteiger partial charge in [-0.3, -0.25) is 9.59 Å². The highest BCUT2D eigenvalue weighted by atomic mass is 19.4. The lowest BCUT2D eigenvalue weighted by atomic mass is 10.1. The van der Waals surface area contributed by atoms with Crippen LogP contribution in [-0.2, 0) is 15.8 Å². The highest BCUT2D eigenvalue weighted by Crippen LogP contribution is 2.30. The number of hydrogen-bond acceptors (Lipinski definition) is 2. The van der Waals surface area contributed by atoms with Crippen LogP contribution in [-0.4, -0.2) is 18.4 Å². The summed E-state index contributed by atoms with van der Waals surface area (Å²) in [4.78, 5) is 22.9. The van der Waals surface area contributed by atoms with Crippen LogP contribution in [0.4, 0.5) is 18.9 Å². The van der Waals surface area contributed by atoms with Crippen molar-refractivity contribution in [2.24, 2.45) is 5.92 Å². The van der Waals surface area contributed by atoms with Gasteiger partial charge in [-0.25, -0.2) is 0 Å². The average Bonchev–Trinajstić information content (AvgIpc) is 2.35. The molecule has 0 radical (unpaired) electrons. The van der Waals surface area contributed by atoms with Crippen molar-refractivity contribution >= 4 is 17.5 Å². The van der Waals surface area contributed by atoms with Gasteiger partial charge in [-0.05, 0) is 24.1 Å². The number of hydrogen-bond donors (Lipinski definition) is 2. The maximum absolute atomic E-state index is 12.5. The zero-order valence-corrected chi connectivity index (χ0v) is 11.8. The Morgan fingerprint density at radius 2 is 1.86 bits per heavy atom. The van der Waals surface area contributed by atoms with E-state index in [0.29, 0.717) is 0 Å². The Morgan fingerprint density at radius 3 is 2.43 bits per heavy atom. The summed E-state index contributed by atoms with van der Waals surface area (Å²) >= 11 is 0. The monoisotopic (exact) mass is 302 g/mol. The fourth-order valence-electron chi connectivity index (χ4n) is 1.60. The molecule has 0 saturated carbocycles. The first kappa shape index (κ1) is 17.0. The van der Waals surface area contributed by atoms with Gasteiger partial charge in [0.05, 0.1) is 12.1 Å². The Kier molecular flexibility index (Phi) is 5.75. The number of anilines is 1. The minimum absolute atomic E-state index is 0.0351. The van der Waals surface area contributed by atoms with E-state index >= 15 is 0 Å². The molecule has 116 valence electrons. The van der Waals surface area contributed by atoms with Crippen LogP contribution in [0.15, 0.2) is 24.3 Å². The van der Waals surface area contributed by atoms with Gasteiger partial charge in [-0.1, -0.05) is 19.9 Å². The summed E-state index contributed by atoms with van der Waals surface area (Å²) < 4.78 is 37.5. The van der Waals surface area contributed by atoms with Crippen LogP contribution in [0.1, 0.15) is 25.8 Å². The van der Waals surface area contributed by atoms with Crippen molar-refractivity contribution in [3.63, 3.8) is 0 Å². The summed E-state index contributed by atoms with van der Waals surface area (Å²) in [5.41, 5.74) is -0.808. The number of halogens is 3. The van der Waals surface area contributed by atoms with Gasteiger partial charge in [0.25, 0.3) is 0 Å². The minimum Gasteiger partial charge on any atom is -0.347 e. The molecule has 0 heterocycles. The Bertz CT molecular complexity index is 513. The molecule has 0 spiro atoms. The van der Waals surface area contributed by atoms with Crippen molar-refractivity contribution in [2.75, 3.05) is 11.9 Å². The third kappa shape index (κ3) is 6.29. The number of nitrogens with one attached hydrogen (secondary N) is 2. The molecule has 0 fully saturated rings. The number of carbonyl (C=O) groups excluding carboxylic acids is 2. The van der Waals surface area contributed by atoms with E-state index in [2.05, 4.69) is 10.6 Å². The minimum atomic E-state index is -4.47. The summed E-state index contributed by atoms with van der Waals surface area (Å²) in [6.07, 6.45) is -4.18. The molecule has 0 unspecified atom stereocenters. The molecule has 1 aromatic carbocycles. The lowest BCUT2D eigenvalue weighted by molar-refractivity contribution is -0.137. The van der Waals surface area contributed by atoms with E-state index in [4.69, 9.17) is 0 Å². The maximum atomic E-state index is 12.5. The average molecular weight is 302 g/mol. The van der Waals surface area contributed by atoms with Crippen molar-refractivity contribution in [3.05, 3.63) is 29.8 Å². The summed E-state index contributed by atoms with van der Waals surface area (Å²) in [7, 11) is 0. The molecule has 4 nitrogen and oxygen atoms in total. The van der Waals surface area contributed by atoms with Crippen LogP contribution >= 0.6 is 0 Å². The van der Waals surface area contributed by atoms with Crippen molar-refractivity contribution in [1.82, 2.24) is 5.32 Å². The second-order valence-corrected chi connectivity index (χ2v) is 5.00. The fraction of sp³-hybridized carbons (Fsp3) is 0.429. The van der Waals surface area contributed by atoms with E-state index in [9.17, 15) is 22.8 Å². The molecule has 0 aliphatic carbocycles. The second-order valence-electron chi connectivity index (χ2n) is 5.00. The lowest BCUT2D eigenvalue weighted by Gasteiger charge is -2.10. The molecule has 0 aliphatic rings. The first-order valence-corrected chi connectivity index (χ1v) is 6.42. The third-order valence-corrected chi connectivity index (χ3v) is 2.51. The molecule has 2 amide bonds. The summed E-state index contributed by atoms with van der Waals surface area (Å²) in [6.45, 7) is 3.45. The number of rotatable bonds is 5. The van der Waals surface area contributed by atoms with E-state index in [1.807, 2.05) is 13.8 Å². The van der Waals surface area contributed by atoms with Crippen molar-refractivity contribution in [1.29, 1.82) is 0 Å². The number of benzene rings is 1. The molecule has 0 saturated heterocycles. The molecule has 1 rings (SSSR count). The van der Waals surface area contributed by atoms with Gasteiger partial charge in [0.1, 0.15) is 0 Å². The van der Waals surface area contributed by atoms with Crippen LogP contribution < -0.4 is 10.6 Å². The topological polar surface area (TPSA) is 58.2 Å². The predicted octanol–water partition coefficient (Wildman–Crippen LogP) is 2.81. The van der Waals surface area contributed by atoms with E-state index < -0.39 is 17.6 Å². The first-order valence-electron chi connectivity index (χ1n) is 6.42. The van der Waals surface area contributed by atoms with Crippen molar-refractivity contribution in [3.8, 4) is 0 Å².